The lowest BCUT2D eigenvalue weighted by Crippen LogP contribution is -2.28. The first-order valence-electron chi connectivity index (χ1n) is 8.19. The van der Waals surface area contributed by atoms with E-state index in [0.29, 0.717) is 31.3 Å². The molecule has 0 atom stereocenters. The fourth-order valence-corrected chi connectivity index (χ4v) is 2.35. The first kappa shape index (κ1) is 18.1. The number of hydrogen-bond acceptors (Lipinski definition) is 4. The number of carbonyl (C=O) groups is 1. The summed E-state index contributed by atoms with van der Waals surface area (Å²) in [6, 6.07) is 11.5. The molecule has 0 aliphatic rings. The molecule has 1 aromatic heterocycles. The Bertz CT molecular complexity index is 650. The van der Waals surface area contributed by atoms with Gasteiger partial charge in [-0.05, 0) is 42.7 Å². The van der Waals surface area contributed by atoms with Crippen LogP contribution in [0.1, 0.15) is 35.2 Å². The van der Waals surface area contributed by atoms with Crippen molar-refractivity contribution in [1.82, 2.24) is 4.90 Å². The van der Waals surface area contributed by atoms with E-state index in [1.807, 2.05) is 12.1 Å². The van der Waals surface area contributed by atoms with Crippen molar-refractivity contribution in [2.75, 3.05) is 27.3 Å². The van der Waals surface area contributed by atoms with Gasteiger partial charge < -0.3 is 18.8 Å². The molecule has 2 aromatic rings. The van der Waals surface area contributed by atoms with Crippen LogP contribution in [-0.2, 0) is 17.8 Å². The Morgan fingerprint density at radius 1 is 1.25 bits per heavy atom. The molecule has 5 nitrogen and oxygen atoms in total. The van der Waals surface area contributed by atoms with E-state index in [1.54, 1.807) is 31.2 Å². The third kappa shape index (κ3) is 5.13. The lowest BCUT2D eigenvalue weighted by Gasteiger charge is -2.16. The number of furan rings is 1. The summed E-state index contributed by atoms with van der Waals surface area (Å²) in [7, 11) is 3.35. The molecular weight excluding hydrogens is 306 g/mol. The Balaban J connectivity index is 1.75. The predicted octanol–water partition coefficient (Wildman–Crippen LogP) is 3.53. The summed E-state index contributed by atoms with van der Waals surface area (Å²) in [6.07, 6.45) is 1.74. The predicted molar refractivity (Wildman–Crippen MR) is 92.3 cm³/mol. The topological polar surface area (TPSA) is 51.9 Å². The Labute approximate surface area is 143 Å². The van der Waals surface area contributed by atoms with Crippen LogP contribution in [0.15, 0.2) is 40.8 Å². The van der Waals surface area contributed by atoms with Gasteiger partial charge in [-0.1, -0.05) is 19.1 Å². The van der Waals surface area contributed by atoms with E-state index in [0.717, 1.165) is 18.6 Å². The van der Waals surface area contributed by atoms with E-state index in [1.165, 1.54) is 5.56 Å². The number of benzene rings is 1. The van der Waals surface area contributed by atoms with Crippen molar-refractivity contribution in [2.45, 2.75) is 26.4 Å². The molecular formula is C19H25NO4. The van der Waals surface area contributed by atoms with Gasteiger partial charge in [0.15, 0.2) is 5.76 Å². The Morgan fingerprint density at radius 3 is 2.83 bits per heavy atom. The fraction of sp³-hybridized carbons (Fsp3) is 0.421. The number of carbonyl (C=O) groups excluding carboxylic acids is 1. The van der Waals surface area contributed by atoms with Gasteiger partial charge >= 0.3 is 0 Å². The molecule has 1 amide bonds. The number of methoxy groups -OCH3 is 1. The molecule has 0 aliphatic carbocycles. The number of aryl methyl sites for hydroxylation is 1. The standard InChI is InChI=1S/C19H25NO4/c1-4-15-7-5-8-16(13-15)23-12-6-11-20(2)19(21)18-10-9-17(24-18)14-22-3/h5,7-10,13H,4,6,11-12,14H2,1-3H3. The summed E-state index contributed by atoms with van der Waals surface area (Å²) in [6.45, 7) is 3.65. The summed E-state index contributed by atoms with van der Waals surface area (Å²) in [5.41, 5.74) is 1.25. The van der Waals surface area contributed by atoms with Crippen molar-refractivity contribution in [3.63, 3.8) is 0 Å². The van der Waals surface area contributed by atoms with Crippen LogP contribution in [0.3, 0.4) is 0 Å². The lowest BCUT2D eigenvalue weighted by atomic mass is 10.2. The molecule has 24 heavy (non-hydrogen) atoms. The molecule has 0 saturated carbocycles. The van der Waals surface area contributed by atoms with E-state index in [-0.39, 0.29) is 5.91 Å². The zero-order chi connectivity index (χ0) is 17.4. The Morgan fingerprint density at radius 2 is 2.08 bits per heavy atom. The SMILES string of the molecule is CCc1cccc(OCCCN(C)C(=O)c2ccc(COC)o2)c1. The quantitative estimate of drug-likeness (QED) is 0.660. The summed E-state index contributed by atoms with van der Waals surface area (Å²) in [5.74, 6) is 1.72. The van der Waals surface area contributed by atoms with E-state index in [4.69, 9.17) is 13.9 Å². The van der Waals surface area contributed by atoms with Crippen LogP contribution >= 0.6 is 0 Å². The van der Waals surface area contributed by atoms with Gasteiger partial charge in [0.25, 0.3) is 5.91 Å². The molecule has 0 fully saturated rings. The van der Waals surface area contributed by atoms with Crippen LogP contribution in [0.25, 0.3) is 0 Å². The molecule has 0 spiro atoms. The zero-order valence-electron chi connectivity index (χ0n) is 14.6. The van der Waals surface area contributed by atoms with Crippen LogP contribution in [-0.4, -0.2) is 38.1 Å². The minimum atomic E-state index is -0.134. The second kappa shape index (κ2) is 9.13. The molecule has 0 saturated heterocycles. The molecule has 130 valence electrons. The molecule has 0 radical (unpaired) electrons. The highest BCUT2D eigenvalue weighted by Crippen LogP contribution is 2.14. The minimum absolute atomic E-state index is 0.134. The average Bonchev–Trinajstić information content (AvgIpc) is 3.07. The third-order valence-electron chi connectivity index (χ3n) is 3.72. The fourth-order valence-electron chi connectivity index (χ4n) is 2.35. The number of amides is 1. The summed E-state index contributed by atoms with van der Waals surface area (Å²) >= 11 is 0. The molecule has 0 unspecified atom stereocenters. The van der Waals surface area contributed by atoms with Crippen LogP contribution in [0.5, 0.6) is 5.75 Å². The van der Waals surface area contributed by atoms with Crippen LogP contribution < -0.4 is 4.74 Å². The van der Waals surface area contributed by atoms with Gasteiger partial charge in [-0.15, -0.1) is 0 Å². The van der Waals surface area contributed by atoms with Gasteiger partial charge in [-0.2, -0.15) is 0 Å². The molecule has 1 heterocycles. The van der Waals surface area contributed by atoms with Gasteiger partial charge in [-0.3, -0.25) is 4.79 Å². The van der Waals surface area contributed by atoms with Crippen LogP contribution in [0.4, 0.5) is 0 Å². The molecule has 5 heteroatoms. The van der Waals surface area contributed by atoms with Gasteiger partial charge in [0.05, 0.1) is 6.61 Å². The van der Waals surface area contributed by atoms with Crippen molar-refractivity contribution in [1.29, 1.82) is 0 Å². The maximum absolute atomic E-state index is 12.3. The van der Waals surface area contributed by atoms with Crippen molar-refractivity contribution >= 4 is 5.91 Å². The van der Waals surface area contributed by atoms with Crippen molar-refractivity contribution in [3.05, 3.63) is 53.5 Å². The third-order valence-corrected chi connectivity index (χ3v) is 3.72. The summed E-state index contributed by atoms with van der Waals surface area (Å²) in [4.78, 5) is 13.9. The van der Waals surface area contributed by atoms with E-state index < -0.39 is 0 Å². The first-order chi connectivity index (χ1) is 11.6. The van der Waals surface area contributed by atoms with Crippen molar-refractivity contribution in [3.8, 4) is 5.75 Å². The number of rotatable bonds is 9. The highest BCUT2D eigenvalue weighted by molar-refractivity contribution is 5.91. The Kier molecular flexibility index (Phi) is 6.88. The molecule has 2 rings (SSSR count). The van der Waals surface area contributed by atoms with E-state index in [2.05, 4.69) is 19.1 Å². The highest BCUT2D eigenvalue weighted by atomic mass is 16.5. The molecule has 0 bridgehead atoms. The van der Waals surface area contributed by atoms with Crippen molar-refractivity contribution in [2.24, 2.45) is 0 Å². The maximum atomic E-state index is 12.3. The molecule has 0 aliphatic heterocycles. The smallest absolute Gasteiger partial charge is 0.289 e. The monoisotopic (exact) mass is 331 g/mol. The molecule has 1 aromatic carbocycles. The van der Waals surface area contributed by atoms with E-state index >= 15 is 0 Å². The number of nitrogens with zero attached hydrogens (tertiary/aromatic N) is 1. The van der Waals surface area contributed by atoms with E-state index in [9.17, 15) is 4.79 Å². The van der Waals surface area contributed by atoms with Gasteiger partial charge in [0.1, 0.15) is 18.1 Å². The largest absolute Gasteiger partial charge is 0.494 e. The number of hydrogen-bond donors (Lipinski definition) is 0. The Hall–Kier alpha value is -2.27. The first-order valence-corrected chi connectivity index (χ1v) is 8.19. The lowest BCUT2D eigenvalue weighted by molar-refractivity contribution is 0.0748. The zero-order valence-corrected chi connectivity index (χ0v) is 14.6. The van der Waals surface area contributed by atoms with Crippen LogP contribution in [0.2, 0.25) is 0 Å². The second-order valence-electron chi connectivity index (χ2n) is 5.63. The number of ether oxygens (including phenoxy) is 2. The van der Waals surface area contributed by atoms with Crippen LogP contribution in [0, 0.1) is 0 Å². The van der Waals surface area contributed by atoms with Crippen molar-refractivity contribution < 1.29 is 18.7 Å². The average molecular weight is 331 g/mol. The van der Waals surface area contributed by atoms with Gasteiger partial charge in [-0.25, -0.2) is 0 Å². The maximum Gasteiger partial charge on any atom is 0.289 e. The summed E-state index contributed by atoms with van der Waals surface area (Å²) in [5, 5.41) is 0. The summed E-state index contributed by atoms with van der Waals surface area (Å²) < 4.78 is 16.2. The highest BCUT2D eigenvalue weighted by Gasteiger charge is 2.15. The normalized spacial score (nSPS) is 10.6. The van der Waals surface area contributed by atoms with Gasteiger partial charge in [0, 0.05) is 20.7 Å². The minimum Gasteiger partial charge on any atom is -0.494 e. The van der Waals surface area contributed by atoms with Gasteiger partial charge in [0.2, 0.25) is 0 Å². The molecule has 0 N–H and O–H groups in total. The second-order valence-corrected chi connectivity index (χ2v) is 5.63.